The third kappa shape index (κ3) is 5.38. The average molecular weight is 403 g/mol. The van der Waals surface area contributed by atoms with Gasteiger partial charge in [0.2, 0.25) is 5.95 Å². The van der Waals surface area contributed by atoms with Crippen LogP contribution in [0.25, 0.3) is 0 Å². The zero-order chi connectivity index (χ0) is 20.8. The van der Waals surface area contributed by atoms with Crippen molar-refractivity contribution in [3.8, 4) is 0 Å². The van der Waals surface area contributed by atoms with Gasteiger partial charge < -0.3 is 25.7 Å². The van der Waals surface area contributed by atoms with Crippen molar-refractivity contribution >= 4 is 23.5 Å². The summed E-state index contributed by atoms with van der Waals surface area (Å²) in [5.41, 5.74) is 1.10. The number of aliphatic hydroxyl groups is 1. The lowest BCUT2D eigenvalue weighted by Crippen LogP contribution is -2.48. The molecular formula is C19H22FN5O4. The van der Waals surface area contributed by atoms with Crippen LogP contribution in [0.5, 0.6) is 0 Å². The Bertz CT molecular complexity index is 836. The number of carbonyl (C=O) groups is 2. The predicted octanol–water partition coefficient (Wildman–Crippen LogP) is 0.681. The molecule has 29 heavy (non-hydrogen) atoms. The summed E-state index contributed by atoms with van der Waals surface area (Å²) in [6.07, 6.45) is 0.980. The number of carboxylic acids is 1. The predicted molar refractivity (Wildman–Crippen MR) is 104 cm³/mol. The van der Waals surface area contributed by atoms with Crippen molar-refractivity contribution in [1.82, 2.24) is 15.3 Å². The Morgan fingerprint density at radius 2 is 1.93 bits per heavy atom. The van der Waals surface area contributed by atoms with Crippen molar-refractivity contribution in [2.75, 3.05) is 29.9 Å². The van der Waals surface area contributed by atoms with E-state index in [2.05, 4.69) is 20.6 Å². The Morgan fingerprint density at radius 1 is 1.24 bits per heavy atom. The number of alkyl halides is 1. The van der Waals surface area contributed by atoms with Crippen LogP contribution in [0.4, 0.5) is 16.0 Å². The second-order valence-corrected chi connectivity index (χ2v) is 6.68. The number of amides is 1. The first-order valence-electron chi connectivity index (χ1n) is 9.15. The topological polar surface area (TPSA) is 128 Å². The fraction of sp³-hybridized carbons (Fsp3) is 0.368. The minimum absolute atomic E-state index is 0.195. The summed E-state index contributed by atoms with van der Waals surface area (Å²) in [5, 5.41) is 23.2. The van der Waals surface area contributed by atoms with Crippen LogP contribution in [0.2, 0.25) is 0 Å². The van der Waals surface area contributed by atoms with Gasteiger partial charge in [0.15, 0.2) is 6.10 Å². The van der Waals surface area contributed by atoms with E-state index in [1.54, 1.807) is 42.7 Å². The van der Waals surface area contributed by atoms with Gasteiger partial charge in [-0.2, -0.15) is 0 Å². The smallest absolute Gasteiger partial charge is 0.334 e. The molecule has 3 unspecified atom stereocenters. The number of aromatic nitrogens is 2. The number of nitrogens with one attached hydrogen (secondary N) is 2. The van der Waals surface area contributed by atoms with Crippen molar-refractivity contribution in [3.05, 3.63) is 48.3 Å². The van der Waals surface area contributed by atoms with Gasteiger partial charge in [0.25, 0.3) is 5.91 Å². The second-order valence-electron chi connectivity index (χ2n) is 6.68. The molecule has 1 aromatic heterocycles. The number of halogens is 1. The zero-order valence-corrected chi connectivity index (χ0v) is 15.5. The van der Waals surface area contributed by atoms with Crippen LogP contribution in [-0.2, 0) is 4.79 Å². The maximum Gasteiger partial charge on any atom is 0.334 e. The van der Waals surface area contributed by atoms with Gasteiger partial charge in [-0.15, -0.1) is 0 Å². The van der Waals surface area contributed by atoms with Gasteiger partial charge in [-0.05, 0) is 36.8 Å². The number of carbonyl (C=O) groups excluding carboxylic acids is 1. The highest BCUT2D eigenvalue weighted by Gasteiger charge is 2.30. The lowest BCUT2D eigenvalue weighted by atomic mass is 10.0. The minimum Gasteiger partial charge on any atom is -0.479 e. The molecule has 0 aliphatic carbocycles. The summed E-state index contributed by atoms with van der Waals surface area (Å²) in [6, 6.07) is 7.89. The highest BCUT2D eigenvalue weighted by Crippen LogP contribution is 2.23. The minimum atomic E-state index is -1.66. The Kier molecular flexibility index (Phi) is 6.55. The molecule has 3 rings (SSSR count). The third-order valence-corrected chi connectivity index (χ3v) is 4.66. The molecule has 1 aromatic carbocycles. The van der Waals surface area contributed by atoms with E-state index in [0.29, 0.717) is 24.5 Å². The number of piperidine rings is 1. The zero-order valence-electron chi connectivity index (χ0n) is 15.5. The SMILES string of the molecule is O=C(NCC(O)C(=O)O)c1ccc(N2CCC(Nc3ncccn3)C(F)C2)cc1. The van der Waals surface area contributed by atoms with E-state index in [0.717, 1.165) is 5.69 Å². The molecular weight excluding hydrogens is 381 g/mol. The van der Waals surface area contributed by atoms with E-state index in [9.17, 15) is 19.1 Å². The molecule has 0 spiro atoms. The molecule has 1 amide bonds. The summed E-state index contributed by atoms with van der Waals surface area (Å²) < 4.78 is 14.6. The Labute approximate surface area is 166 Å². The molecule has 1 aliphatic rings. The molecule has 2 aromatic rings. The first kappa shape index (κ1) is 20.5. The number of rotatable bonds is 7. The largest absolute Gasteiger partial charge is 0.479 e. The van der Waals surface area contributed by atoms with Crippen molar-refractivity contribution in [2.45, 2.75) is 24.7 Å². The van der Waals surface area contributed by atoms with Crippen molar-refractivity contribution in [2.24, 2.45) is 0 Å². The normalized spacial score (nSPS) is 20.0. The quantitative estimate of drug-likeness (QED) is 0.532. The Hall–Kier alpha value is -3.27. The third-order valence-electron chi connectivity index (χ3n) is 4.66. The first-order valence-corrected chi connectivity index (χ1v) is 9.15. The highest BCUT2D eigenvalue weighted by atomic mass is 19.1. The number of anilines is 2. The summed E-state index contributed by atoms with van der Waals surface area (Å²) in [7, 11) is 0. The van der Waals surface area contributed by atoms with Gasteiger partial charge in [0.05, 0.1) is 19.1 Å². The molecule has 10 heteroatoms. The fourth-order valence-corrected chi connectivity index (χ4v) is 3.04. The van der Waals surface area contributed by atoms with E-state index in [1.165, 1.54) is 0 Å². The molecule has 154 valence electrons. The number of aliphatic hydroxyl groups excluding tert-OH is 1. The molecule has 4 N–H and O–H groups in total. The number of benzene rings is 1. The summed E-state index contributed by atoms with van der Waals surface area (Å²) in [4.78, 5) is 32.6. The molecule has 9 nitrogen and oxygen atoms in total. The second kappa shape index (κ2) is 9.28. The van der Waals surface area contributed by atoms with E-state index >= 15 is 0 Å². The molecule has 0 radical (unpaired) electrons. The molecule has 0 saturated carbocycles. The number of carboxylic acid groups (broad SMARTS) is 1. The molecule has 1 saturated heterocycles. The highest BCUT2D eigenvalue weighted by molar-refractivity contribution is 5.94. The molecule has 0 bridgehead atoms. The van der Waals surface area contributed by atoms with Crippen LogP contribution in [0.1, 0.15) is 16.8 Å². The van der Waals surface area contributed by atoms with Gasteiger partial charge in [0.1, 0.15) is 6.17 Å². The Balaban J connectivity index is 1.54. The first-order chi connectivity index (χ1) is 13.9. The van der Waals surface area contributed by atoms with Crippen LogP contribution in [-0.4, -0.2) is 70.0 Å². The van der Waals surface area contributed by atoms with Crippen LogP contribution in [0, 0.1) is 0 Å². The summed E-state index contributed by atoms with van der Waals surface area (Å²) in [5.74, 6) is -1.50. The maximum atomic E-state index is 14.6. The number of hydrogen-bond acceptors (Lipinski definition) is 7. The molecule has 2 heterocycles. The summed E-state index contributed by atoms with van der Waals surface area (Å²) >= 11 is 0. The van der Waals surface area contributed by atoms with Crippen molar-refractivity contribution < 1.29 is 24.2 Å². The summed E-state index contributed by atoms with van der Waals surface area (Å²) in [6.45, 7) is 0.438. The number of nitrogens with zero attached hydrogens (tertiary/aromatic N) is 3. The fourth-order valence-electron chi connectivity index (χ4n) is 3.04. The van der Waals surface area contributed by atoms with Crippen LogP contribution < -0.4 is 15.5 Å². The van der Waals surface area contributed by atoms with Gasteiger partial charge in [0, 0.05) is 30.2 Å². The lowest BCUT2D eigenvalue weighted by Gasteiger charge is -2.36. The Morgan fingerprint density at radius 3 is 2.55 bits per heavy atom. The van der Waals surface area contributed by atoms with E-state index in [-0.39, 0.29) is 19.1 Å². The molecule has 3 atom stereocenters. The van der Waals surface area contributed by atoms with E-state index < -0.39 is 24.2 Å². The van der Waals surface area contributed by atoms with E-state index in [1.807, 2.05) is 4.90 Å². The number of aliphatic carboxylic acids is 1. The van der Waals surface area contributed by atoms with Crippen LogP contribution in [0.15, 0.2) is 42.7 Å². The molecule has 1 aliphatic heterocycles. The maximum absolute atomic E-state index is 14.6. The van der Waals surface area contributed by atoms with Gasteiger partial charge in [-0.3, -0.25) is 4.79 Å². The van der Waals surface area contributed by atoms with Gasteiger partial charge >= 0.3 is 5.97 Å². The number of hydrogen-bond donors (Lipinski definition) is 4. The van der Waals surface area contributed by atoms with Gasteiger partial charge in [-0.25, -0.2) is 19.2 Å². The lowest BCUT2D eigenvalue weighted by molar-refractivity contribution is -0.146. The van der Waals surface area contributed by atoms with Crippen LogP contribution in [0.3, 0.4) is 0 Å². The van der Waals surface area contributed by atoms with Crippen LogP contribution >= 0.6 is 0 Å². The van der Waals surface area contributed by atoms with Crippen molar-refractivity contribution in [3.63, 3.8) is 0 Å². The van der Waals surface area contributed by atoms with Crippen molar-refractivity contribution in [1.29, 1.82) is 0 Å². The molecule has 1 fully saturated rings. The van der Waals surface area contributed by atoms with Gasteiger partial charge in [-0.1, -0.05) is 0 Å². The van der Waals surface area contributed by atoms with E-state index in [4.69, 9.17) is 5.11 Å². The standard InChI is InChI=1S/C19H22FN5O4/c20-14-11-25(9-6-15(14)24-19-21-7-1-8-22-19)13-4-2-12(3-5-13)17(27)23-10-16(26)18(28)29/h1-5,7-8,14-16,26H,6,9-11H2,(H,23,27)(H,28,29)(H,21,22,24). The average Bonchev–Trinajstić information content (AvgIpc) is 2.74. The monoisotopic (exact) mass is 403 g/mol.